The van der Waals surface area contributed by atoms with Crippen LogP contribution in [0.5, 0.6) is 0 Å². The summed E-state index contributed by atoms with van der Waals surface area (Å²) in [5.41, 5.74) is 0.998. The Kier molecular flexibility index (Phi) is 8.04. The van der Waals surface area contributed by atoms with Gasteiger partial charge in [0.1, 0.15) is 0 Å². The van der Waals surface area contributed by atoms with E-state index in [0.29, 0.717) is 19.1 Å². The predicted octanol–water partition coefficient (Wildman–Crippen LogP) is 3.49. The minimum Gasteiger partial charge on any atom is -0.385 e. The summed E-state index contributed by atoms with van der Waals surface area (Å²) in [5, 5.41) is 19.5. The number of nitro groups is 1. The Hall–Kier alpha value is -2.45. The molecule has 140 valence electrons. The molecule has 0 bridgehead atoms. The Bertz CT molecular complexity index is 702. The topological polar surface area (TPSA) is 88.8 Å². The molecule has 2 rings (SSSR count). The van der Waals surface area contributed by atoms with Gasteiger partial charge in [-0.25, -0.2) is 4.99 Å². The van der Waals surface area contributed by atoms with E-state index >= 15 is 0 Å². The Morgan fingerprint density at radius 1 is 1.35 bits per heavy atom. The number of hydrogen-bond donors (Lipinski definition) is 2. The lowest BCUT2D eigenvalue weighted by Gasteiger charge is -2.17. The van der Waals surface area contributed by atoms with Gasteiger partial charge in [0.2, 0.25) is 0 Å². The minimum absolute atomic E-state index is 0.0834. The summed E-state index contributed by atoms with van der Waals surface area (Å²) >= 11 is 1.69. The molecule has 2 N–H and O–H groups in total. The number of nitro benzene ring substituents is 1. The molecule has 0 fully saturated rings. The van der Waals surface area contributed by atoms with Gasteiger partial charge in [-0.1, -0.05) is 18.2 Å². The van der Waals surface area contributed by atoms with Crippen molar-refractivity contribution in [2.24, 2.45) is 4.99 Å². The number of rotatable bonds is 9. The first-order valence-corrected chi connectivity index (χ1v) is 9.28. The lowest BCUT2D eigenvalue weighted by molar-refractivity contribution is -0.384. The molecule has 0 amide bonds. The number of aliphatic imine (C=N–C) groups is 1. The Balaban J connectivity index is 2.00. The number of nitrogens with one attached hydrogen (secondary N) is 2. The van der Waals surface area contributed by atoms with E-state index < -0.39 is 4.92 Å². The number of hydrogen-bond acceptors (Lipinski definition) is 5. The van der Waals surface area contributed by atoms with Crippen LogP contribution in [0.1, 0.15) is 29.8 Å². The van der Waals surface area contributed by atoms with Crippen molar-refractivity contribution >= 4 is 23.0 Å². The molecule has 7 nitrogen and oxygen atoms in total. The maximum atomic E-state index is 10.7. The summed E-state index contributed by atoms with van der Waals surface area (Å²) in [6.45, 7) is 3.96. The molecule has 1 heterocycles. The van der Waals surface area contributed by atoms with Gasteiger partial charge in [-0.2, -0.15) is 0 Å². The van der Waals surface area contributed by atoms with Gasteiger partial charge in [-0.15, -0.1) is 11.3 Å². The SMILES string of the molecule is COCCCNC(=NCc1ccc([N+](=O)[O-])cc1)NC(C)c1cccs1. The van der Waals surface area contributed by atoms with Crippen molar-refractivity contribution in [1.82, 2.24) is 10.6 Å². The molecular weight excluding hydrogens is 352 g/mol. The molecular formula is C18H24N4O3S. The summed E-state index contributed by atoms with van der Waals surface area (Å²) in [7, 11) is 1.68. The molecule has 1 aromatic carbocycles. The molecule has 0 aliphatic rings. The zero-order valence-electron chi connectivity index (χ0n) is 15.0. The fraction of sp³-hybridized carbons (Fsp3) is 0.389. The van der Waals surface area contributed by atoms with Crippen molar-refractivity contribution in [1.29, 1.82) is 0 Å². The van der Waals surface area contributed by atoms with Crippen LogP contribution in [0.25, 0.3) is 0 Å². The second-order valence-corrected chi connectivity index (χ2v) is 6.72. The fourth-order valence-corrected chi connectivity index (χ4v) is 3.02. The number of ether oxygens (including phenoxy) is 1. The Morgan fingerprint density at radius 3 is 2.73 bits per heavy atom. The maximum absolute atomic E-state index is 10.7. The van der Waals surface area contributed by atoms with E-state index in [-0.39, 0.29) is 11.7 Å². The molecule has 8 heteroatoms. The number of non-ortho nitro benzene ring substituents is 1. The molecule has 1 aromatic heterocycles. The largest absolute Gasteiger partial charge is 0.385 e. The van der Waals surface area contributed by atoms with Gasteiger partial charge in [-0.3, -0.25) is 10.1 Å². The summed E-state index contributed by atoms with van der Waals surface area (Å²) in [6.07, 6.45) is 0.877. The summed E-state index contributed by atoms with van der Waals surface area (Å²) < 4.78 is 5.07. The van der Waals surface area contributed by atoms with Gasteiger partial charge in [0.25, 0.3) is 5.69 Å². The molecule has 1 atom stereocenters. The van der Waals surface area contributed by atoms with E-state index in [1.165, 1.54) is 17.0 Å². The molecule has 0 saturated heterocycles. The number of thiophene rings is 1. The zero-order valence-corrected chi connectivity index (χ0v) is 15.8. The average Bonchev–Trinajstić information content (AvgIpc) is 3.18. The first-order valence-electron chi connectivity index (χ1n) is 8.40. The van der Waals surface area contributed by atoms with Gasteiger partial charge in [-0.05, 0) is 30.4 Å². The standard InChI is InChI=1S/C18H24N4O3S/c1-14(17-5-3-12-26-17)21-18(19-10-4-11-25-2)20-13-15-6-8-16(9-7-15)22(23)24/h3,5-9,12,14H,4,10-11,13H2,1-2H3,(H2,19,20,21). The zero-order chi connectivity index (χ0) is 18.8. The first-order chi connectivity index (χ1) is 12.6. The number of methoxy groups -OCH3 is 1. The quantitative estimate of drug-likeness (QED) is 0.230. The average molecular weight is 376 g/mol. The van der Waals surface area contributed by atoms with Crippen molar-refractivity contribution in [3.8, 4) is 0 Å². The van der Waals surface area contributed by atoms with Crippen molar-refractivity contribution in [3.63, 3.8) is 0 Å². The van der Waals surface area contributed by atoms with Crippen LogP contribution < -0.4 is 10.6 Å². The molecule has 2 aromatic rings. The summed E-state index contributed by atoms with van der Waals surface area (Å²) in [5.74, 6) is 0.709. The van der Waals surface area contributed by atoms with Crippen LogP contribution in [0.15, 0.2) is 46.8 Å². The number of benzene rings is 1. The minimum atomic E-state index is -0.403. The smallest absolute Gasteiger partial charge is 0.269 e. The van der Waals surface area contributed by atoms with Crippen molar-refractivity contribution in [2.45, 2.75) is 25.9 Å². The van der Waals surface area contributed by atoms with Gasteiger partial charge >= 0.3 is 0 Å². The van der Waals surface area contributed by atoms with E-state index in [2.05, 4.69) is 28.6 Å². The van der Waals surface area contributed by atoms with Gasteiger partial charge < -0.3 is 15.4 Å². The molecule has 0 radical (unpaired) electrons. The highest BCUT2D eigenvalue weighted by molar-refractivity contribution is 7.10. The molecule has 26 heavy (non-hydrogen) atoms. The predicted molar refractivity (Wildman–Crippen MR) is 105 cm³/mol. The van der Waals surface area contributed by atoms with Crippen LogP contribution in [0.4, 0.5) is 5.69 Å². The highest BCUT2D eigenvalue weighted by atomic mass is 32.1. The monoisotopic (exact) mass is 376 g/mol. The van der Waals surface area contributed by atoms with Crippen molar-refractivity contribution < 1.29 is 9.66 Å². The fourth-order valence-electron chi connectivity index (χ4n) is 2.28. The normalized spacial score (nSPS) is 12.6. The van der Waals surface area contributed by atoms with Crippen LogP contribution in [0, 0.1) is 10.1 Å². The molecule has 0 saturated carbocycles. The van der Waals surface area contributed by atoms with Crippen LogP contribution in [0.3, 0.4) is 0 Å². The first kappa shape index (κ1) is 19.9. The highest BCUT2D eigenvalue weighted by Crippen LogP contribution is 2.18. The Labute approximate surface area is 157 Å². The van der Waals surface area contributed by atoms with Crippen LogP contribution in [-0.2, 0) is 11.3 Å². The second kappa shape index (κ2) is 10.5. The Morgan fingerprint density at radius 2 is 2.12 bits per heavy atom. The number of nitrogens with zero attached hydrogens (tertiary/aromatic N) is 2. The molecule has 0 aliphatic heterocycles. The van der Waals surface area contributed by atoms with Crippen LogP contribution >= 0.6 is 11.3 Å². The van der Waals surface area contributed by atoms with E-state index in [9.17, 15) is 10.1 Å². The molecule has 1 unspecified atom stereocenters. The number of guanidine groups is 1. The van der Waals surface area contributed by atoms with E-state index in [1.54, 1.807) is 30.6 Å². The van der Waals surface area contributed by atoms with Gasteiger partial charge in [0.15, 0.2) is 5.96 Å². The van der Waals surface area contributed by atoms with Gasteiger partial charge in [0.05, 0.1) is 17.5 Å². The third-order valence-corrected chi connectivity index (χ3v) is 4.76. The van der Waals surface area contributed by atoms with E-state index in [4.69, 9.17) is 4.74 Å². The third-order valence-electron chi connectivity index (χ3n) is 3.71. The van der Waals surface area contributed by atoms with Crippen LogP contribution in [0.2, 0.25) is 0 Å². The lowest BCUT2D eigenvalue weighted by Crippen LogP contribution is -2.39. The highest BCUT2D eigenvalue weighted by Gasteiger charge is 2.09. The molecule has 0 aliphatic carbocycles. The van der Waals surface area contributed by atoms with Crippen molar-refractivity contribution in [3.05, 3.63) is 62.3 Å². The third kappa shape index (κ3) is 6.45. The molecule has 0 spiro atoms. The second-order valence-electron chi connectivity index (χ2n) is 5.74. The van der Waals surface area contributed by atoms with E-state index in [1.807, 2.05) is 11.4 Å². The van der Waals surface area contributed by atoms with Gasteiger partial charge in [0, 0.05) is 37.3 Å². The summed E-state index contributed by atoms with van der Waals surface area (Å²) in [6, 6.07) is 10.7. The van der Waals surface area contributed by atoms with E-state index in [0.717, 1.165) is 18.5 Å². The lowest BCUT2D eigenvalue weighted by atomic mass is 10.2. The summed E-state index contributed by atoms with van der Waals surface area (Å²) in [4.78, 5) is 16.2. The van der Waals surface area contributed by atoms with Crippen molar-refractivity contribution in [2.75, 3.05) is 20.3 Å². The van der Waals surface area contributed by atoms with Crippen LogP contribution in [-0.4, -0.2) is 31.1 Å². The maximum Gasteiger partial charge on any atom is 0.269 e.